The fraction of sp³-hybridized carbons (Fsp3) is 0.524. The second-order valence-corrected chi connectivity index (χ2v) is 10.4. The zero-order valence-electron chi connectivity index (χ0n) is 16.6. The quantitative estimate of drug-likeness (QED) is 0.351. The summed E-state index contributed by atoms with van der Waals surface area (Å²) in [6, 6.07) is 5.49. The van der Waals surface area contributed by atoms with Gasteiger partial charge in [-0.05, 0) is 55.4 Å². The monoisotopic (exact) mass is 540 g/mol. The molecule has 0 unspecified atom stereocenters. The molecule has 3 aliphatic rings. The Kier molecular flexibility index (Phi) is 5.78. The van der Waals surface area contributed by atoms with Gasteiger partial charge in [0.2, 0.25) is 11.8 Å². The molecule has 1 heterocycles. The molecule has 7 nitrogen and oxygen atoms in total. The number of fused-ring (bicyclic) bond motifs is 5. The van der Waals surface area contributed by atoms with Gasteiger partial charge in [-0.3, -0.25) is 24.1 Å². The van der Waals surface area contributed by atoms with Crippen LogP contribution in [0.1, 0.15) is 17.5 Å². The molecule has 1 N–H and O–H groups in total. The van der Waals surface area contributed by atoms with E-state index in [0.717, 1.165) is 22.4 Å². The van der Waals surface area contributed by atoms with Crippen LogP contribution >= 0.6 is 31.9 Å². The number of imide groups is 1. The van der Waals surface area contributed by atoms with Crippen molar-refractivity contribution in [1.82, 2.24) is 4.90 Å². The van der Waals surface area contributed by atoms with Crippen molar-refractivity contribution >= 4 is 61.2 Å². The first-order valence-corrected chi connectivity index (χ1v) is 11.7. The summed E-state index contributed by atoms with van der Waals surface area (Å²) in [6.07, 6.45) is 0.829. The maximum atomic E-state index is 12.8. The number of nitrogens with zero attached hydrogens (tertiary/aromatic N) is 1. The number of hydrogen-bond acceptors (Lipinski definition) is 5. The molecule has 160 valence electrons. The van der Waals surface area contributed by atoms with Gasteiger partial charge in [-0.2, -0.15) is 0 Å². The summed E-state index contributed by atoms with van der Waals surface area (Å²) in [7, 11) is 0. The number of ether oxygens (including phenoxy) is 1. The highest BCUT2D eigenvalue weighted by Crippen LogP contribution is 2.60. The van der Waals surface area contributed by atoms with Gasteiger partial charge in [0.05, 0.1) is 11.8 Å². The van der Waals surface area contributed by atoms with E-state index in [-0.39, 0.29) is 45.1 Å². The Bertz CT molecular complexity index is 904. The minimum Gasteiger partial charge on any atom is -0.454 e. The van der Waals surface area contributed by atoms with Gasteiger partial charge in [0.25, 0.3) is 5.91 Å². The molecule has 30 heavy (non-hydrogen) atoms. The number of alkyl halides is 2. The summed E-state index contributed by atoms with van der Waals surface area (Å²) in [6.45, 7) is 2.97. The Balaban J connectivity index is 1.31. The fourth-order valence-electron chi connectivity index (χ4n) is 4.90. The van der Waals surface area contributed by atoms with Crippen molar-refractivity contribution in [2.45, 2.75) is 29.9 Å². The molecule has 2 bridgehead atoms. The van der Waals surface area contributed by atoms with E-state index in [1.54, 1.807) is 6.07 Å². The number of halogens is 2. The summed E-state index contributed by atoms with van der Waals surface area (Å²) in [5.74, 6) is -2.44. The Labute approximate surface area is 191 Å². The number of carbonyl (C=O) groups excluding carboxylic acids is 4. The summed E-state index contributed by atoms with van der Waals surface area (Å²) in [4.78, 5) is 51.1. The number of nitrogens with one attached hydrogen (secondary N) is 1. The third-order valence-electron chi connectivity index (χ3n) is 6.52. The summed E-state index contributed by atoms with van der Waals surface area (Å²) >= 11 is 7.25. The molecule has 2 saturated carbocycles. The zero-order valence-corrected chi connectivity index (χ0v) is 19.7. The van der Waals surface area contributed by atoms with E-state index in [1.807, 2.05) is 26.0 Å². The lowest BCUT2D eigenvalue weighted by Gasteiger charge is -2.28. The fourth-order valence-corrected chi connectivity index (χ4v) is 6.78. The molecule has 1 aromatic rings. The van der Waals surface area contributed by atoms with E-state index in [2.05, 4.69) is 37.2 Å². The van der Waals surface area contributed by atoms with Crippen LogP contribution in [-0.4, -0.2) is 51.4 Å². The Hall–Kier alpha value is -1.74. The minimum absolute atomic E-state index is 0.0885. The number of rotatable bonds is 5. The Morgan fingerprint density at radius 3 is 2.23 bits per heavy atom. The van der Waals surface area contributed by atoms with E-state index in [4.69, 9.17) is 4.74 Å². The van der Waals surface area contributed by atoms with Crippen LogP contribution in [0.3, 0.4) is 0 Å². The van der Waals surface area contributed by atoms with Crippen LogP contribution in [-0.2, 0) is 23.9 Å². The lowest BCUT2D eigenvalue weighted by atomic mass is 9.81. The zero-order chi connectivity index (χ0) is 21.7. The minimum atomic E-state index is -0.773. The molecule has 0 spiro atoms. The van der Waals surface area contributed by atoms with Crippen molar-refractivity contribution in [3.63, 3.8) is 0 Å². The first-order valence-electron chi connectivity index (χ1n) is 9.85. The van der Waals surface area contributed by atoms with Crippen molar-refractivity contribution in [2.75, 3.05) is 18.5 Å². The van der Waals surface area contributed by atoms with E-state index in [1.165, 1.54) is 0 Å². The Morgan fingerprint density at radius 1 is 1.07 bits per heavy atom. The largest absolute Gasteiger partial charge is 0.454 e. The van der Waals surface area contributed by atoms with Crippen LogP contribution in [0, 0.1) is 37.5 Å². The van der Waals surface area contributed by atoms with E-state index in [0.29, 0.717) is 5.69 Å². The molecule has 4 rings (SSSR count). The van der Waals surface area contributed by atoms with Crippen molar-refractivity contribution in [3.8, 4) is 0 Å². The summed E-state index contributed by atoms with van der Waals surface area (Å²) in [5.41, 5.74) is 2.75. The highest BCUT2D eigenvalue weighted by molar-refractivity contribution is 9.12. The molecule has 1 saturated heterocycles. The van der Waals surface area contributed by atoms with Crippen LogP contribution < -0.4 is 5.32 Å². The number of carbonyl (C=O) groups is 4. The second kappa shape index (κ2) is 8.07. The van der Waals surface area contributed by atoms with Crippen LogP contribution in [0.25, 0.3) is 0 Å². The highest BCUT2D eigenvalue weighted by atomic mass is 79.9. The smallest absolute Gasteiger partial charge is 0.326 e. The van der Waals surface area contributed by atoms with Crippen molar-refractivity contribution in [1.29, 1.82) is 0 Å². The average Bonchev–Trinajstić information content (AvgIpc) is 3.30. The molecular weight excluding hydrogens is 520 g/mol. The Morgan fingerprint density at radius 2 is 1.67 bits per heavy atom. The van der Waals surface area contributed by atoms with Gasteiger partial charge >= 0.3 is 5.97 Å². The van der Waals surface area contributed by atoms with E-state index < -0.39 is 25.0 Å². The molecule has 0 radical (unpaired) electrons. The van der Waals surface area contributed by atoms with Crippen molar-refractivity contribution in [3.05, 3.63) is 29.3 Å². The third-order valence-corrected chi connectivity index (χ3v) is 9.73. The van der Waals surface area contributed by atoms with Crippen molar-refractivity contribution in [2.24, 2.45) is 23.7 Å². The third kappa shape index (κ3) is 3.60. The molecular formula is C21H22Br2N2O5. The van der Waals surface area contributed by atoms with Crippen LogP contribution in [0.15, 0.2) is 18.2 Å². The molecule has 1 aromatic carbocycles. The van der Waals surface area contributed by atoms with Crippen LogP contribution in [0.5, 0.6) is 0 Å². The number of amides is 3. The van der Waals surface area contributed by atoms with Crippen LogP contribution in [0.2, 0.25) is 0 Å². The van der Waals surface area contributed by atoms with E-state index in [9.17, 15) is 19.2 Å². The number of esters is 1. The second-order valence-electron chi connectivity index (χ2n) is 8.27. The van der Waals surface area contributed by atoms with Gasteiger partial charge in [-0.1, -0.05) is 37.9 Å². The molecule has 1 aliphatic heterocycles. The van der Waals surface area contributed by atoms with Gasteiger partial charge in [0.15, 0.2) is 6.61 Å². The number of benzene rings is 1. The molecule has 9 heteroatoms. The topological polar surface area (TPSA) is 92.8 Å². The average molecular weight is 542 g/mol. The van der Waals surface area contributed by atoms with Crippen molar-refractivity contribution < 1.29 is 23.9 Å². The SMILES string of the molecule is Cc1ccc(NC(=O)COC(=O)CN2C(=O)[C@@H]3[C@H]4C[C@@H]([C@@H](Br)[C@H]4Br)[C@H]3C2=O)cc1C. The maximum Gasteiger partial charge on any atom is 0.326 e. The lowest BCUT2D eigenvalue weighted by molar-refractivity contribution is -0.154. The summed E-state index contributed by atoms with van der Waals surface area (Å²) in [5, 5.41) is 2.66. The van der Waals surface area contributed by atoms with Crippen LogP contribution in [0.4, 0.5) is 5.69 Å². The van der Waals surface area contributed by atoms with Gasteiger partial charge in [0, 0.05) is 15.3 Å². The number of likely N-dealkylation sites (tertiary alicyclic amines) is 1. The van der Waals surface area contributed by atoms with E-state index >= 15 is 0 Å². The summed E-state index contributed by atoms with van der Waals surface area (Å²) < 4.78 is 5.01. The van der Waals surface area contributed by atoms with Gasteiger partial charge in [-0.15, -0.1) is 0 Å². The molecule has 2 aliphatic carbocycles. The normalized spacial score (nSPS) is 31.8. The molecule has 3 fully saturated rings. The van der Waals surface area contributed by atoms with Gasteiger partial charge in [0.1, 0.15) is 6.54 Å². The number of hydrogen-bond donors (Lipinski definition) is 1. The van der Waals surface area contributed by atoms with Gasteiger partial charge in [-0.25, -0.2) is 0 Å². The predicted molar refractivity (Wildman–Crippen MR) is 116 cm³/mol. The highest BCUT2D eigenvalue weighted by Gasteiger charge is 2.66. The molecule has 0 aromatic heterocycles. The molecule has 6 atom stereocenters. The lowest BCUT2D eigenvalue weighted by Crippen LogP contribution is -2.38. The standard InChI is InChI=1S/C21H22Br2N2O5/c1-9-3-4-11(5-10(9)2)24-14(26)8-30-15(27)7-25-20(28)16-12-6-13(17(16)21(25)29)19(23)18(12)22/h3-5,12-13,16-19H,6-8H2,1-2H3,(H,24,26)/t12-,13-,16-,17-,18-,19+/m1/s1. The van der Waals surface area contributed by atoms with Gasteiger partial charge < -0.3 is 10.1 Å². The first kappa shape index (κ1) is 21.5. The number of aryl methyl sites for hydroxylation is 2. The first-order chi connectivity index (χ1) is 14.2. The predicted octanol–water partition coefficient (Wildman–Crippen LogP) is 2.56. The molecule has 3 amide bonds. The maximum absolute atomic E-state index is 12.8. The number of anilines is 1.